The molecule has 3 aliphatic rings. The number of hydrogen-bond acceptors (Lipinski definition) is 4. The summed E-state index contributed by atoms with van der Waals surface area (Å²) in [5.41, 5.74) is 0.103. The van der Waals surface area contributed by atoms with E-state index in [4.69, 9.17) is 4.99 Å². The number of aliphatic imine (C=N–C) groups is 1. The van der Waals surface area contributed by atoms with E-state index >= 15 is 0 Å². The van der Waals surface area contributed by atoms with E-state index in [-0.39, 0.29) is 5.54 Å². The van der Waals surface area contributed by atoms with Crippen molar-refractivity contribution in [1.82, 2.24) is 25.3 Å². The molecule has 2 N–H and O–H groups in total. The van der Waals surface area contributed by atoms with Gasteiger partial charge >= 0.3 is 0 Å². The highest BCUT2D eigenvalue weighted by atomic mass is 16.2. The Morgan fingerprint density at radius 2 is 1.67 bits per heavy atom. The lowest BCUT2D eigenvalue weighted by molar-refractivity contribution is -0.139. The number of carbonyl (C=O) groups is 1. The number of nitrogens with zero attached hydrogens (tertiary/aromatic N) is 4. The van der Waals surface area contributed by atoms with Crippen LogP contribution in [0.4, 0.5) is 0 Å². The van der Waals surface area contributed by atoms with Gasteiger partial charge in [0.25, 0.3) is 0 Å². The molecule has 0 atom stereocenters. The molecule has 3 rings (SSSR count). The Hall–Kier alpha value is -1.34. The van der Waals surface area contributed by atoms with Gasteiger partial charge in [-0.1, -0.05) is 12.8 Å². The molecule has 2 aliphatic heterocycles. The Labute approximate surface area is 183 Å². The predicted octanol–water partition coefficient (Wildman–Crippen LogP) is 1.75. The van der Waals surface area contributed by atoms with E-state index in [9.17, 15) is 4.79 Å². The highest BCUT2D eigenvalue weighted by molar-refractivity contribution is 5.80. The van der Waals surface area contributed by atoms with E-state index < -0.39 is 0 Å². The van der Waals surface area contributed by atoms with Gasteiger partial charge in [0, 0.05) is 57.3 Å². The quantitative estimate of drug-likeness (QED) is 0.463. The number of piperidine rings is 1. The molecule has 7 heteroatoms. The monoisotopic (exact) mass is 420 g/mol. The van der Waals surface area contributed by atoms with Gasteiger partial charge in [-0.15, -0.1) is 0 Å². The summed E-state index contributed by atoms with van der Waals surface area (Å²) in [4.78, 5) is 24.4. The number of rotatable bonds is 8. The Morgan fingerprint density at radius 1 is 0.967 bits per heavy atom. The lowest BCUT2D eigenvalue weighted by atomic mass is 9.84. The zero-order chi connectivity index (χ0) is 21.4. The molecule has 0 spiro atoms. The topological polar surface area (TPSA) is 63.2 Å². The fourth-order valence-corrected chi connectivity index (χ4v) is 4.65. The van der Waals surface area contributed by atoms with Crippen molar-refractivity contribution in [3.05, 3.63) is 0 Å². The van der Waals surface area contributed by atoms with Crippen LogP contribution in [0.2, 0.25) is 0 Å². The molecule has 2 saturated heterocycles. The largest absolute Gasteiger partial charge is 0.357 e. The first kappa shape index (κ1) is 23.3. The maximum absolute atomic E-state index is 12.4. The van der Waals surface area contributed by atoms with Crippen LogP contribution in [0.1, 0.15) is 59.3 Å². The van der Waals surface area contributed by atoms with Gasteiger partial charge < -0.3 is 15.5 Å². The van der Waals surface area contributed by atoms with Crippen molar-refractivity contribution >= 4 is 11.9 Å². The van der Waals surface area contributed by atoms with Crippen LogP contribution in [0.25, 0.3) is 0 Å². The molecule has 172 valence electrons. The number of hydrogen-bond donors (Lipinski definition) is 2. The second-order valence-electron chi connectivity index (χ2n) is 9.78. The smallest absolute Gasteiger partial charge is 0.225 e. The molecule has 0 radical (unpaired) electrons. The van der Waals surface area contributed by atoms with Crippen molar-refractivity contribution in [1.29, 1.82) is 0 Å². The number of piperazine rings is 1. The maximum Gasteiger partial charge on any atom is 0.225 e. The zero-order valence-electron chi connectivity index (χ0n) is 19.6. The summed E-state index contributed by atoms with van der Waals surface area (Å²) < 4.78 is 0. The number of likely N-dealkylation sites (tertiary alicyclic amines) is 1. The molecule has 0 aromatic carbocycles. The standard InChI is InChI=1S/C23H44N6O/c1-4-24-22(26-19-23(2,3)29-12-6-5-7-13-29)25-11-14-27-15-17-28(18-16-27)21(30)20-9-8-10-20/h20H,4-19H2,1-3H3,(H2,24,25,26). The molecule has 2 heterocycles. The summed E-state index contributed by atoms with van der Waals surface area (Å²) in [6, 6.07) is 0. The molecule has 1 saturated carbocycles. The van der Waals surface area contributed by atoms with E-state index in [0.29, 0.717) is 11.8 Å². The molecule has 1 aliphatic carbocycles. The Morgan fingerprint density at radius 3 is 2.27 bits per heavy atom. The van der Waals surface area contributed by atoms with Crippen molar-refractivity contribution in [2.45, 2.75) is 64.8 Å². The van der Waals surface area contributed by atoms with Crippen LogP contribution in [0.3, 0.4) is 0 Å². The number of nitrogens with one attached hydrogen (secondary N) is 2. The molecule has 0 aromatic rings. The zero-order valence-corrected chi connectivity index (χ0v) is 19.6. The Kier molecular flexibility index (Phi) is 8.81. The van der Waals surface area contributed by atoms with Crippen LogP contribution in [-0.4, -0.2) is 97.6 Å². The van der Waals surface area contributed by atoms with E-state index in [1.165, 1.54) is 38.8 Å². The van der Waals surface area contributed by atoms with Crippen LogP contribution >= 0.6 is 0 Å². The summed E-state index contributed by atoms with van der Waals surface area (Å²) >= 11 is 0. The molecular formula is C23H44N6O. The van der Waals surface area contributed by atoms with Crippen LogP contribution < -0.4 is 10.6 Å². The van der Waals surface area contributed by atoms with Crippen molar-refractivity contribution in [3.8, 4) is 0 Å². The molecule has 3 fully saturated rings. The van der Waals surface area contributed by atoms with Gasteiger partial charge in [0.1, 0.15) is 0 Å². The average molecular weight is 421 g/mol. The minimum absolute atomic E-state index is 0.103. The van der Waals surface area contributed by atoms with E-state index in [1.54, 1.807) is 0 Å². The van der Waals surface area contributed by atoms with Gasteiger partial charge in [0.2, 0.25) is 5.91 Å². The van der Waals surface area contributed by atoms with Crippen molar-refractivity contribution in [2.24, 2.45) is 10.9 Å². The van der Waals surface area contributed by atoms with Crippen molar-refractivity contribution in [3.63, 3.8) is 0 Å². The number of carbonyl (C=O) groups excluding carboxylic acids is 1. The van der Waals surface area contributed by atoms with Gasteiger partial charge in [-0.3, -0.25) is 19.6 Å². The minimum Gasteiger partial charge on any atom is -0.357 e. The second kappa shape index (κ2) is 11.3. The summed E-state index contributed by atoms with van der Waals surface area (Å²) in [5.74, 6) is 1.64. The predicted molar refractivity (Wildman–Crippen MR) is 124 cm³/mol. The molecule has 0 aromatic heterocycles. The average Bonchev–Trinajstić information content (AvgIpc) is 2.72. The summed E-state index contributed by atoms with van der Waals surface area (Å²) in [6.45, 7) is 16.4. The lowest BCUT2D eigenvalue weighted by Gasteiger charge is -2.40. The molecule has 1 amide bonds. The Balaban J connectivity index is 1.38. The molecular weight excluding hydrogens is 376 g/mol. The molecule has 7 nitrogen and oxygen atoms in total. The third-order valence-corrected chi connectivity index (χ3v) is 7.04. The third-order valence-electron chi connectivity index (χ3n) is 7.04. The summed E-state index contributed by atoms with van der Waals surface area (Å²) in [7, 11) is 0. The van der Waals surface area contributed by atoms with E-state index in [2.05, 4.69) is 46.1 Å². The SMILES string of the molecule is CCNC(=NCC(C)(C)N1CCCCC1)NCCN1CCN(C(=O)C2CCC2)CC1. The fraction of sp³-hybridized carbons (Fsp3) is 0.913. The maximum atomic E-state index is 12.4. The minimum atomic E-state index is 0.103. The Bertz CT molecular complexity index is 560. The highest BCUT2D eigenvalue weighted by Gasteiger charge is 2.31. The summed E-state index contributed by atoms with van der Waals surface area (Å²) in [6.07, 6.45) is 7.42. The second-order valence-corrected chi connectivity index (χ2v) is 9.78. The lowest BCUT2D eigenvalue weighted by Crippen LogP contribution is -2.52. The number of guanidine groups is 1. The van der Waals surface area contributed by atoms with Crippen LogP contribution in [0.15, 0.2) is 4.99 Å². The van der Waals surface area contributed by atoms with E-state index in [1.807, 2.05) is 0 Å². The van der Waals surface area contributed by atoms with Crippen LogP contribution in [-0.2, 0) is 4.79 Å². The van der Waals surface area contributed by atoms with Gasteiger partial charge in [-0.05, 0) is 59.5 Å². The van der Waals surface area contributed by atoms with Crippen LogP contribution in [0.5, 0.6) is 0 Å². The molecule has 30 heavy (non-hydrogen) atoms. The summed E-state index contributed by atoms with van der Waals surface area (Å²) in [5, 5.41) is 6.90. The van der Waals surface area contributed by atoms with Gasteiger partial charge in [0.05, 0.1) is 6.54 Å². The fourth-order valence-electron chi connectivity index (χ4n) is 4.65. The highest BCUT2D eigenvalue weighted by Crippen LogP contribution is 2.28. The first-order chi connectivity index (χ1) is 14.5. The van der Waals surface area contributed by atoms with Crippen molar-refractivity contribution < 1.29 is 4.79 Å². The number of amides is 1. The molecule has 0 unspecified atom stereocenters. The van der Waals surface area contributed by atoms with Gasteiger partial charge in [-0.25, -0.2) is 0 Å². The molecule has 0 bridgehead atoms. The van der Waals surface area contributed by atoms with Gasteiger partial charge in [0.15, 0.2) is 5.96 Å². The van der Waals surface area contributed by atoms with Gasteiger partial charge in [-0.2, -0.15) is 0 Å². The van der Waals surface area contributed by atoms with E-state index in [0.717, 1.165) is 71.2 Å². The third kappa shape index (κ3) is 6.58. The first-order valence-electron chi connectivity index (χ1n) is 12.3. The van der Waals surface area contributed by atoms with Crippen molar-refractivity contribution in [2.75, 3.05) is 65.4 Å². The first-order valence-corrected chi connectivity index (χ1v) is 12.3. The normalized spacial score (nSPS) is 22.6. The van der Waals surface area contributed by atoms with Crippen LogP contribution in [0, 0.1) is 5.92 Å².